The summed E-state index contributed by atoms with van der Waals surface area (Å²) in [5.41, 5.74) is 1.20. The van der Waals surface area contributed by atoms with E-state index < -0.39 is 5.63 Å². The smallest absolute Gasteiger partial charge is 0.336 e. The van der Waals surface area contributed by atoms with Crippen molar-refractivity contribution in [3.05, 3.63) is 46.4 Å². The molecule has 3 aromatic rings. The van der Waals surface area contributed by atoms with Crippen LogP contribution in [0.3, 0.4) is 0 Å². The number of aromatic nitrogens is 1. The Kier molecular flexibility index (Phi) is 2.19. The van der Waals surface area contributed by atoms with Crippen LogP contribution in [0.25, 0.3) is 22.3 Å². The van der Waals surface area contributed by atoms with E-state index in [0.29, 0.717) is 16.9 Å². The summed E-state index contributed by atoms with van der Waals surface area (Å²) in [4.78, 5) is 11.3. The van der Waals surface area contributed by atoms with Gasteiger partial charge in [0.2, 0.25) is 0 Å². The van der Waals surface area contributed by atoms with Crippen LogP contribution in [-0.4, -0.2) is 10.3 Å². The van der Waals surface area contributed by atoms with E-state index in [2.05, 4.69) is 5.16 Å². The van der Waals surface area contributed by atoms with Crippen LogP contribution in [0.15, 0.2) is 44.2 Å². The topological polar surface area (TPSA) is 76.5 Å². The summed E-state index contributed by atoms with van der Waals surface area (Å²) in [6.45, 7) is 1.81. The molecule has 0 amide bonds. The number of aryl methyl sites for hydroxylation is 1. The Morgan fingerprint density at radius 2 is 2.11 bits per heavy atom. The van der Waals surface area contributed by atoms with Crippen molar-refractivity contribution >= 4 is 11.0 Å². The lowest BCUT2D eigenvalue weighted by atomic mass is 10.1. The fraction of sp³-hybridized carbons (Fsp3) is 0.0769. The van der Waals surface area contributed by atoms with Crippen molar-refractivity contribution in [2.45, 2.75) is 6.92 Å². The van der Waals surface area contributed by atoms with Gasteiger partial charge in [0.05, 0.1) is 11.8 Å². The number of aromatic hydroxyl groups is 1. The maximum Gasteiger partial charge on any atom is 0.336 e. The third-order valence-corrected chi connectivity index (χ3v) is 2.77. The molecule has 2 heterocycles. The van der Waals surface area contributed by atoms with Gasteiger partial charge in [-0.3, -0.25) is 0 Å². The molecule has 0 saturated heterocycles. The molecule has 2 aromatic heterocycles. The molecule has 0 atom stereocenters. The molecule has 0 aliphatic carbocycles. The van der Waals surface area contributed by atoms with Crippen molar-refractivity contribution in [2.24, 2.45) is 0 Å². The van der Waals surface area contributed by atoms with E-state index in [0.717, 1.165) is 10.9 Å². The Bertz CT molecular complexity index is 772. The normalized spacial score (nSPS) is 10.9. The van der Waals surface area contributed by atoms with Gasteiger partial charge in [-0.15, -0.1) is 0 Å². The Labute approximate surface area is 101 Å². The van der Waals surface area contributed by atoms with Gasteiger partial charge in [-0.1, -0.05) is 5.16 Å². The van der Waals surface area contributed by atoms with Crippen LogP contribution in [0.5, 0.6) is 5.75 Å². The van der Waals surface area contributed by atoms with Crippen LogP contribution in [0.2, 0.25) is 0 Å². The quantitative estimate of drug-likeness (QED) is 0.664. The summed E-state index contributed by atoms with van der Waals surface area (Å²) in [6.07, 6.45) is 1.50. The van der Waals surface area contributed by atoms with Gasteiger partial charge in [0.1, 0.15) is 11.3 Å². The number of fused-ring (bicyclic) bond motifs is 1. The predicted molar refractivity (Wildman–Crippen MR) is 64.4 cm³/mol. The summed E-state index contributed by atoms with van der Waals surface area (Å²) in [5.74, 6) is 0.438. The first kappa shape index (κ1) is 10.6. The highest BCUT2D eigenvalue weighted by molar-refractivity contribution is 5.87. The zero-order valence-corrected chi connectivity index (χ0v) is 9.51. The Balaban J connectivity index is 2.37. The van der Waals surface area contributed by atoms with Crippen molar-refractivity contribution in [1.82, 2.24) is 5.16 Å². The Morgan fingerprint density at radius 1 is 1.28 bits per heavy atom. The van der Waals surface area contributed by atoms with E-state index in [1.54, 1.807) is 19.1 Å². The second-order valence-electron chi connectivity index (χ2n) is 3.99. The monoisotopic (exact) mass is 243 g/mol. The summed E-state index contributed by atoms with van der Waals surface area (Å²) in [5, 5.41) is 14.3. The number of benzene rings is 1. The number of rotatable bonds is 1. The van der Waals surface area contributed by atoms with Gasteiger partial charge >= 0.3 is 5.63 Å². The molecule has 0 radical (unpaired) electrons. The van der Waals surface area contributed by atoms with Crippen LogP contribution in [0.4, 0.5) is 0 Å². The summed E-state index contributed by atoms with van der Waals surface area (Å²) in [6, 6.07) is 6.17. The van der Waals surface area contributed by atoms with Crippen molar-refractivity contribution in [3.63, 3.8) is 0 Å². The fourth-order valence-electron chi connectivity index (χ4n) is 1.91. The van der Waals surface area contributed by atoms with Gasteiger partial charge in [0.25, 0.3) is 0 Å². The van der Waals surface area contributed by atoms with E-state index in [1.807, 2.05) is 0 Å². The highest BCUT2D eigenvalue weighted by Crippen LogP contribution is 2.33. The standard InChI is InChI=1S/C13H9NO4/c1-7-4-13(16)17-12-6-10(15)9(5-8(7)12)11-2-3-14-18-11/h2-6,15H,1H3. The molecule has 0 aliphatic rings. The van der Waals surface area contributed by atoms with E-state index in [4.69, 9.17) is 8.94 Å². The van der Waals surface area contributed by atoms with Crippen molar-refractivity contribution in [2.75, 3.05) is 0 Å². The molecule has 18 heavy (non-hydrogen) atoms. The minimum Gasteiger partial charge on any atom is -0.507 e. The van der Waals surface area contributed by atoms with Gasteiger partial charge in [-0.2, -0.15) is 0 Å². The van der Waals surface area contributed by atoms with Gasteiger partial charge in [-0.25, -0.2) is 4.79 Å². The van der Waals surface area contributed by atoms with E-state index >= 15 is 0 Å². The number of hydrogen-bond acceptors (Lipinski definition) is 5. The maximum atomic E-state index is 11.3. The number of nitrogens with zero attached hydrogens (tertiary/aromatic N) is 1. The van der Waals surface area contributed by atoms with E-state index in [9.17, 15) is 9.90 Å². The molecule has 0 spiro atoms. The summed E-state index contributed by atoms with van der Waals surface area (Å²) < 4.78 is 10.0. The molecule has 0 bridgehead atoms. The first-order valence-electron chi connectivity index (χ1n) is 5.33. The molecule has 90 valence electrons. The van der Waals surface area contributed by atoms with Crippen LogP contribution in [-0.2, 0) is 0 Å². The molecular weight excluding hydrogens is 234 g/mol. The number of phenolic OH excluding ortho intramolecular Hbond substituents is 1. The molecular formula is C13H9NO4. The second-order valence-corrected chi connectivity index (χ2v) is 3.99. The average Bonchev–Trinajstić information content (AvgIpc) is 2.81. The third kappa shape index (κ3) is 1.57. The lowest BCUT2D eigenvalue weighted by Crippen LogP contribution is -1.97. The minimum absolute atomic E-state index is 0.0204. The predicted octanol–water partition coefficient (Wildman–Crippen LogP) is 2.46. The SMILES string of the molecule is Cc1cc(=O)oc2cc(O)c(-c3ccno3)cc12. The summed E-state index contributed by atoms with van der Waals surface area (Å²) in [7, 11) is 0. The Hall–Kier alpha value is -2.56. The largest absolute Gasteiger partial charge is 0.507 e. The molecule has 0 fully saturated rings. The zero-order chi connectivity index (χ0) is 12.7. The molecule has 0 aliphatic heterocycles. The van der Waals surface area contributed by atoms with Crippen molar-refractivity contribution < 1.29 is 14.0 Å². The third-order valence-electron chi connectivity index (χ3n) is 2.77. The molecule has 0 saturated carbocycles. The molecule has 5 heteroatoms. The molecule has 0 unspecified atom stereocenters. The first-order chi connectivity index (χ1) is 8.65. The van der Waals surface area contributed by atoms with Gasteiger partial charge in [0, 0.05) is 23.6 Å². The molecule has 1 N–H and O–H groups in total. The van der Waals surface area contributed by atoms with Gasteiger partial charge in [-0.05, 0) is 18.6 Å². The highest BCUT2D eigenvalue weighted by Gasteiger charge is 2.12. The second kappa shape index (κ2) is 3.73. The minimum atomic E-state index is -0.438. The lowest BCUT2D eigenvalue weighted by molar-refractivity contribution is 0.426. The maximum absolute atomic E-state index is 11.3. The van der Waals surface area contributed by atoms with Gasteiger partial charge < -0.3 is 14.0 Å². The van der Waals surface area contributed by atoms with Crippen molar-refractivity contribution in [1.29, 1.82) is 0 Å². The van der Waals surface area contributed by atoms with Crippen LogP contribution in [0.1, 0.15) is 5.56 Å². The van der Waals surface area contributed by atoms with Crippen LogP contribution < -0.4 is 5.63 Å². The van der Waals surface area contributed by atoms with Gasteiger partial charge in [0.15, 0.2) is 5.76 Å². The fourth-order valence-corrected chi connectivity index (χ4v) is 1.91. The zero-order valence-electron chi connectivity index (χ0n) is 9.51. The number of phenols is 1. The van der Waals surface area contributed by atoms with E-state index in [-0.39, 0.29) is 5.75 Å². The van der Waals surface area contributed by atoms with Crippen LogP contribution >= 0.6 is 0 Å². The Morgan fingerprint density at radius 3 is 2.83 bits per heavy atom. The average molecular weight is 243 g/mol. The number of hydrogen-bond donors (Lipinski definition) is 1. The van der Waals surface area contributed by atoms with Crippen molar-refractivity contribution in [3.8, 4) is 17.1 Å². The molecule has 5 nitrogen and oxygen atoms in total. The molecule has 3 rings (SSSR count). The van der Waals surface area contributed by atoms with Crippen LogP contribution in [0, 0.1) is 6.92 Å². The first-order valence-corrected chi connectivity index (χ1v) is 5.33. The molecule has 1 aromatic carbocycles. The highest BCUT2D eigenvalue weighted by atomic mass is 16.5. The summed E-state index contributed by atoms with van der Waals surface area (Å²) >= 11 is 0. The lowest BCUT2D eigenvalue weighted by Gasteiger charge is -2.05. The van der Waals surface area contributed by atoms with E-state index in [1.165, 1.54) is 18.3 Å².